The van der Waals surface area contributed by atoms with Crippen LogP contribution in [0.1, 0.15) is 54.2 Å². The number of aromatic amines is 1. The highest BCUT2D eigenvalue weighted by Gasteiger charge is 2.48. The van der Waals surface area contributed by atoms with E-state index >= 15 is 0 Å². The number of nitrogens with one attached hydrogen (secondary N) is 1. The van der Waals surface area contributed by atoms with Crippen molar-refractivity contribution < 1.29 is 9.90 Å². The van der Waals surface area contributed by atoms with Gasteiger partial charge in [0.15, 0.2) is 0 Å². The van der Waals surface area contributed by atoms with E-state index < -0.39 is 5.97 Å². The van der Waals surface area contributed by atoms with Crippen LogP contribution in [0.4, 0.5) is 0 Å². The van der Waals surface area contributed by atoms with Gasteiger partial charge in [0.05, 0.1) is 0 Å². The molecule has 4 aliphatic carbocycles. The second kappa shape index (κ2) is 3.62. The summed E-state index contributed by atoms with van der Waals surface area (Å²) in [7, 11) is 0. The summed E-state index contributed by atoms with van der Waals surface area (Å²) in [6.07, 6.45) is 6.96. The average molecular weight is 245 g/mol. The number of carboxylic acids is 1. The van der Waals surface area contributed by atoms with Crippen LogP contribution in [0.3, 0.4) is 0 Å². The minimum Gasteiger partial charge on any atom is -0.477 e. The van der Waals surface area contributed by atoms with Crippen molar-refractivity contribution in [3.8, 4) is 0 Å². The fraction of sp³-hybridized carbons (Fsp3) is 0.667. The Balaban J connectivity index is 1.66. The van der Waals surface area contributed by atoms with Crippen molar-refractivity contribution in [3.05, 3.63) is 23.5 Å². The third-order valence-corrected chi connectivity index (χ3v) is 5.52. The van der Waals surface area contributed by atoms with Gasteiger partial charge < -0.3 is 10.1 Å². The van der Waals surface area contributed by atoms with E-state index in [0.717, 1.165) is 23.7 Å². The van der Waals surface area contributed by atoms with E-state index in [1.165, 1.54) is 37.8 Å². The number of carbonyl (C=O) groups is 1. The summed E-state index contributed by atoms with van der Waals surface area (Å²) < 4.78 is 0. The molecule has 3 nitrogen and oxygen atoms in total. The maximum Gasteiger partial charge on any atom is 0.352 e. The number of rotatable bonds is 2. The Labute approximate surface area is 107 Å². The largest absolute Gasteiger partial charge is 0.477 e. The number of H-pyrrole nitrogens is 1. The molecule has 0 atom stereocenters. The van der Waals surface area contributed by atoms with Crippen molar-refractivity contribution in [3.63, 3.8) is 0 Å². The molecule has 4 saturated carbocycles. The topological polar surface area (TPSA) is 53.1 Å². The molecular formula is C15H19NO2. The quantitative estimate of drug-likeness (QED) is 0.840. The van der Waals surface area contributed by atoms with E-state index in [4.69, 9.17) is 5.11 Å². The van der Waals surface area contributed by atoms with E-state index in [-0.39, 0.29) is 0 Å². The van der Waals surface area contributed by atoms with Gasteiger partial charge >= 0.3 is 5.97 Å². The Morgan fingerprint density at radius 3 is 2.17 bits per heavy atom. The highest BCUT2D eigenvalue weighted by molar-refractivity contribution is 5.85. The normalized spacial score (nSPS) is 41.2. The van der Waals surface area contributed by atoms with Gasteiger partial charge in [-0.25, -0.2) is 4.79 Å². The molecule has 4 aliphatic rings. The standard InChI is InChI=1S/C15H19NO2/c17-15(18)13-2-1-12(16-13)14-10-4-8-3-9(6-10)7-11(14)5-8/h1-2,8-11,14,16H,3-7H2,(H,17,18). The Morgan fingerprint density at radius 1 is 1.06 bits per heavy atom. The van der Waals surface area contributed by atoms with Crippen LogP contribution in [0.2, 0.25) is 0 Å². The second-order valence-electron chi connectivity index (χ2n) is 6.59. The summed E-state index contributed by atoms with van der Waals surface area (Å²) in [4.78, 5) is 14.1. The van der Waals surface area contributed by atoms with Gasteiger partial charge in [-0.2, -0.15) is 0 Å². The Kier molecular flexibility index (Phi) is 2.14. The van der Waals surface area contributed by atoms with Crippen LogP contribution in [-0.2, 0) is 0 Å². The summed E-state index contributed by atoms with van der Waals surface area (Å²) in [6.45, 7) is 0. The Hall–Kier alpha value is -1.25. The molecule has 0 saturated heterocycles. The van der Waals surface area contributed by atoms with E-state index in [1.54, 1.807) is 6.07 Å². The van der Waals surface area contributed by atoms with E-state index in [2.05, 4.69) is 4.98 Å². The number of hydrogen-bond donors (Lipinski definition) is 2. The third-order valence-electron chi connectivity index (χ3n) is 5.52. The highest BCUT2D eigenvalue weighted by atomic mass is 16.4. The van der Waals surface area contributed by atoms with Crippen LogP contribution in [-0.4, -0.2) is 16.1 Å². The van der Waals surface area contributed by atoms with Gasteiger partial charge in [-0.05, 0) is 67.9 Å². The van der Waals surface area contributed by atoms with E-state index in [9.17, 15) is 4.79 Å². The van der Waals surface area contributed by atoms with Crippen molar-refractivity contribution in [1.82, 2.24) is 4.98 Å². The lowest BCUT2D eigenvalue weighted by atomic mass is 9.51. The minimum absolute atomic E-state index is 0.346. The predicted molar refractivity (Wildman–Crippen MR) is 67.5 cm³/mol. The zero-order valence-electron chi connectivity index (χ0n) is 10.4. The van der Waals surface area contributed by atoms with Crippen LogP contribution in [0.5, 0.6) is 0 Å². The van der Waals surface area contributed by atoms with Crippen LogP contribution in [0, 0.1) is 23.7 Å². The maximum atomic E-state index is 11.0. The van der Waals surface area contributed by atoms with E-state index in [0.29, 0.717) is 11.6 Å². The van der Waals surface area contributed by atoms with Gasteiger partial charge in [-0.15, -0.1) is 0 Å². The van der Waals surface area contributed by atoms with Crippen LogP contribution < -0.4 is 0 Å². The first-order valence-corrected chi connectivity index (χ1v) is 7.13. The molecule has 18 heavy (non-hydrogen) atoms. The van der Waals surface area contributed by atoms with Crippen molar-refractivity contribution >= 4 is 5.97 Å². The zero-order chi connectivity index (χ0) is 12.3. The van der Waals surface area contributed by atoms with Crippen LogP contribution >= 0.6 is 0 Å². The van der Waals surface area contributed by atoms with Crippen LogP contribution in [0.25, 0.3) is 0 Å². The summed E-state index contributed by atoms with van der Waals surface area (Å²) in [6, 6.07) is 3.74. The Bertz CT molecular complexity index is 462. The molecule has 4 fully saturated rings. The molecule has 5 rings (SSSR count). The predicted octanol–water partition coefficient (Wildman–Crippen LogP) is 3.25. The first kappa shape index (κ1) is 10.7. The van der Waals surface area contributed by atoms with Gasteiger partial charge in [0.2, 0.25) is 0 Å². The van der Waals surface area contributed by atoms with Gasteiger partial charge in [-0.3, -0.25) is 0 Å². The molecule has 0 aromatic carbocycles. The fourth-order valence-corrected chi connectivity index (χ4v) is 5.16. The summed E-state index contributed by atoms with van der Waals surface area (Å²) in [5, 5.41) is 9.02. The lowest BCUT2D eigenvalue weighted by Crippen LogP contribution is -2.43. The molecule has 1 aromatic rings. The highest BCUT2D eigenvalue weighted by Crippen LogP contribution is 2.59. The van der Waals surface area contributed by atoms with Gasteiger partial charge in [-0.1, -0.05) is 0 Å². The fourth-order valence-electron chi connectivity index (χ4n) is 5.16. The SMILES string of the molecule is O=C(O)c1ccc(C2C3CC4CC(C3)CC2C4)[nH]1. The Morgan fingerprint density at radius 2 is 1.67 bits per heavy atom. The number of hydrogen-bond acceptors (Lipinski definition) is 1. The molecule has 0 unspecified atom stereocenters. The summed E-state index contributed by atoms with van der Waals surface area (Å²) in [5.41, 5.74) is 1.53. The smallest absolute Gasteiger partial charge is 0.352 e. The van der Waals surface area contributed by atoms with Crippen molar-refractivity contribution in [2.45, 2.75) is 38.0 Å². The molecule has 0 radical (unpaired) electrons. The monoisotopic (exact) mass is 245 g/mol. The molecule has 2 N–H and O–H groups in total. The molecule has 1 heterocycles. The molecule has 3 heteroatoms. The van der Waals surface area contributed by atoms with Gasteiger partial charge in [0.1, 0.15) is 5.69 Å². The molecule has 0 spiro atoms. The third kappa shape index (κ3) is 1.46. The molecule has 0 amide bonds. The van der Waals surface area contributed by atoms with Crippen molar-refractivity contribution in [2.24, 2.45) is 23.7 Å². The lowest BCUT2D eigenvalue weighted by molar-refractivity contribution is -0.00405. The number of aromatic carboxylic acids is 1. The summed E-state index contributed by atoms with van der Waals surface area (Å²) in [5.74, 6) is 3.31. The molecule has 96 valence electrons. The zero-order valence-corrected chi connectivity index (χ0v) is 10.4. The van der Waals surface area contributed by atoms with Crippen molar-refractivity contribution in [2.75, 3.05) is 0 Å². The molecule has 1 aromatic heterocycles. The van der Waals surface area contributed by atoms with Crippen molar-refractivity contribution in [1.29, 1.82) is 0 Å². The summed E-state index contributed by atoms with van der Waals surface area (Å²) >= 11 is 0. The van der Waals surface area contributed by atoms with E-state index in [1.807, 2.05) is 6.07 Å². The average Bonchev–Trinajstić information content (AvgIpc) is 2.77. The van der Waals surface area contributed by atoms with Gasteiger partial charge in [0, 0.05) is 11.6 Å². The number of carboxylic acid groups (broad SMARTS) is 1. The first-order chi connectivity index (χ1) is 8.70. The van der Waals surface area contributed by atoms with Gasteiger partial charge in [0.25, 0.3) is 0 Å². The maximum absolute atomic E-state index is 11.0. The lowest BCUT2D eigenvalue weighted by Gasteiger charge is -2.54. The van der Waals surface area contributed by atoms with Crippen LogP contribution in [0.15, 0.2) is 12.1 Å². The second-order valence-corrected chi connectivity index (χ2v) is 6.59. The molecular weight excluding hydrogens is 226 g/mol. The molecule has 0 aliphatic heterocycles. The molecule has 4 bridgehead atoms. The number of aromatic nitrogens is 1. The first-order valence-electron chi connectivity index (χ1n) is 7.13. The minimum atomic E-state index is -0.843.